The van der Waals surface area contributed by atoms with Crippen LogP contribution in [0.2, 0.25) is 0 Å². The van der Waals surface area contributed by atoms with Crippen LogP contribution in [0.4, 0.5) is 4.79 Å². The summed E-state index contributed by atoms with van der Waals surface area (Å²) >= 11 is 0. The number of β-lactam (4-membered cyclic amide) rings is 1. The maximum atomic E-state index is 11.5. The third-order valence-electron chi connectivity index (χ3n) is 2.74. The van der Waals surface area contributed by atoms with Crippen molar-refractivity contribution < 1.29 is 29.1 Å². The first-order chi connectivity index (χ1) is 10.1. The summed E-state index contributed by atoms with van der Waals surface area (Å²) in [7, 11) is 0. The average molecular weight is 294 g/mol. The summed E-state index contributed by atoms with van der Waals surface area (Å²) < 4.78 is 4.96. The lowest BCUT2D eigenvalue weighted by atomic mass is 10.1. The molecule has 21 heavy (non-hydrogen) atoms. The molecule has 1 aromatic rings. The highest BCUT2D eigenvalue weighted by atomic mass is 16.7. The molecule has 8 heteroatoms. The van der Waals surface area contributed by atoms with Gasteiger partial charge >= 0.3 is 12.1 Å². The number of alkyl carbamates (subject to hydrolysis) is 1. The molecule has 0 saturated carbocycles. The fourth-order valence-corrected chi connectivity index (χ4v) is 1.66. The molecule has 1 fully saturated rings. The number of carbonyl (C=O) groups excluding carboxylic acids is 2. The number of hydroxylamine groups is 2. The van der Waals surface area contributed by atoms with Crippen LogP contribution in [0.25, 0.3) is 0 Å². The monoisotopic (exact) mass is 294 g/mol. The summed E-state index contributed by atoms with van der Waals surface area (Å²) in [5, 5.41) is 11.7. The Bertz CT molecular complexity index is 533. The lowest BCUT2D eigenvalue weighted by Crippen LogP contribution is -2.63. The second-order valence-corrected chi connectivity index (χ2v) is 4.33. The van der Waals surface area contributed by atoms with E-state index in [1.54, 1.807) is 0 Å². The summed E-state index contributed by atoms with van der Waals surface area (Å²) in [5.74, 6) is -1.69. The van der Waals surface area contributed by atoms with Crippen LogP contribution in [0.1, 0.15) is 5.56 Å². The van der Waals surface area contributed by atoms with Gasteiger partial charge in [-0.05, 0) is 5.56 Å². The van der Waals surface area contributed by atoms with Gasteiger partial charge in [0.25, 0.3) is 5.91 Å². The van der Waals surface area contributed by atoms with Crippen LogP contribution in [-0.2, 0) is 25.8 Å². The second kappa shape index (κ2) is 6.71. The molecule has 1 atom stereocenters. The highest BCUT2D eigenvalue weighted by Crippen LogP contribution is 2.11. The van der Waals surface area contributed by atoms with Crippen molar-refractivity contribution >= 4 is 18.0 Å². The van der Waals surface area contributed by atoms with Gasteiger partial charge in [0.1, 0.15) is 12.6 Å². The van der Waals surface area contributed by atoms with E-state index in [-0.39, 0.29) is 13.2 Å². The predicted octanol–water partition coefficient (Wildman–Crippen LogP) is 0.140. The summed E-state index contributed by atoms with van der Waals surface area (Å²) in [6.45, 7) is -0.406. The van der Waals surface area contributed by atoms with Crippen molar-refractivity contribution in [1.82, 2.24) is 10.4 Å². The van der Waals surface area contributed by atoms with Crippen molar-refractivity contribution in [1.29, 1.82) is 0 Å². The van der Waals surface area contributed by atoms with Crippen LogP contribution in [0.15, 0.2) is 30.3 Å². The van der Waals surface area contributed by atoms with Crippen LogP contribution >= 0.6 is 0 Å². The van der Waals surface area contributed by atoms with E-state index in [1.165, 1.54) is 0 Å². The maximum Gasteiger partial charge on any atom is 0.408 e. The predicted molar refractivity (Wildman–Crippen MR) is 68.9 cm³/mol. The number of aliphatic carboxylic acids is 1. The molecule has 1 saturated heterocycles. The van der Waals surface area contributed by atoms with Crippen LogP contribution in [0.5, 0.6) is 0 Å². The van der Waals surface area contributed by atoms with Crippen LogP contribution < -0.4 is 5.32 Å². The zero-order chi connectivity index (χ0) is 15.2. The molecule has 0 spiro atoms. The third-order valence-corrected chi connectivity index (χ3v) is 2.74. The first kappa shape index (κ1) is 14.8. The molecule has 0 aromatic heterocycles. The largest absolute Gasteiger partial charge is 0.479 e. The van der Waals surface area contributed by atoms with Gasteiger partial charge < -0.3 is 15.2 Å². The van der Waals surface area contributed by atoms with Crippen molar-refractivity contribution in [3.63, 3.8) is 0 Å². The number of nitrogens with one attached hydrogen (secondary N) is 1. The number of carbonyl (C=O) groups is 3. The standard InChI is InChI=1S/C13H14N2O6/c16-11(17)8-21-15-6-10(12(15)18)14-13(19)20-7-9-4-2-1-3-5-9/h1-5,10H,6-8H2,(H,14,19)(H,16,17)/t10-/m0/s1. The number of amides is 2. The Kier molecular flexibility index (Phi) is 4.72. The minimum Gasteiger partial charge on any atom is -0.479 e. The van der Waals surface area contributed by atoms with Crippen LogP contribution in [0, 0.1) is 0 Å². The molecule has 0 aliphatic carbocycles. The number of carboxylic acids is 1. The summed E-state index contributed by atoms with van der Waals surface area (Å²) in [6, 6.07) is 8.37. The maximum absolute atomic E-state index is 11.5. The van der Waals surface area contributed by atoms with Gasteiger partial charge in [-0.3, -0.25) is 9.63 Å². The van der Waals surface area contributed by atoms with E-state index in [0.29, 0.717) is 0 Å². The SMILES string of the molecule is O=C(O)CON1C[C@H](NC(=O)OCc2ccccc2)C1=O. The van der Waals surface area contributed by atoms with E-state index in [1.807, 2.05) is 30.3 Å². The van der Waals surface area contributed by atoms with Gasteiger partial charge in [0.15, 0.2) is 6.61 Å². The first-order valence-electron chi connectivity index (χ1n) is 6.19. The van der Waals surface area contributed by atoms with Crippen molar-refractivity contribution in [2.75, 3.05) is 13.2 Å². The Balaban J connectivity index is 1.68. The topological polar surface area (TPSA) is 105 Å². The Hall–Kier alpha value is -2.61. The molecule has 8 nitrogen and oxygen atoms in total. The Labute approximate surface area is 120 Å². The van der Waals surface area contributed by atoms with Crippen molar-refractivity contribution in [3.05, 3.63) is 35.9 Å². The normalized spacial score (nSPS) is 17.0. The molecule has 2 N–H and O–H groups in total. The number of ether oxygens (including phenoxy) is 1. The lowest BCUT2D eigenvalue weighted by molar-refractivity contribution is -0.216. The van der Waals surface area contributed by atoms with Gasteiger partial charge in [-0.2, -0.15) is 0 Å². The van der Waals surface area contributed by atoms with E-state index < -0.39 is 30.6 Å². The summed E-state index contributed by atoms with van der Waals surface area (Å²) in [6.07, 6.45) is -0.713. The zero-order valence-electron chi connectivity index (χ0n) is 11.0. The Morgan fingerprint density at radius 3 is 2.67 bits per heavy atom. The van der Waals surface area contributed by atoms with Gasteiger partial charge in [-0.25, -0.2) is 14.7 Å². The minimum atomic E-state index is -1.18. The quantitative estimate of drug-likeness (QED) is 0.723. The van der Waals surface area contributed by atoms with E-state index in [9.17, 15) is 14.4 Å². The van der Waals surface area contributed by atoms with E-state index in [2.05, 4.69) is 10.2 Å². The average Bonchev–Trinajstić information content (AvgIpc) is 2.48. The van der Waals surface area contributed by atoms with Crippen molar-refractivity contribution in [2.45, 2.75) is 12.6 Å². The number of hydrogen-bond acceptors (Lipinski definition) is 5. The molecular weight excluding hydrogens is 280 g/mol. The molecule has 0 radical (unpaired) electrons. The Morgan fingerprint density at radius 1 is 1.33 bits per heavy atom. The fraction of sp³-hybridized carbons (Fsp3) is 0.308. The van der Waals surface area contributed by atoms with Gasteiger partial charge in [-0.15, -0.1) is 0 Å². The van der Waals surface area contributed by atoms with E-state index in [4.69, 9.17) is 9.84 Å². The molecule has 0 bridgehead atoms. The molecule has 1 aliphatic heterocycles. The van der Waals surface area contributed by atoms with Gasteiger partial charge in [-0.1, -0.05) is 30.3 Å². The fourth-order valence-electron chi connectivity index (χ4n) is 1.66. The summed E-state index contributed by atoms with van der Waals surface area (Å²) in [5.41, 5.74) is 0.832. The molecule has 1 aliphatic rings. The van der Waals surface area contributed by atoms with Gasteiger partial charge in [0, 0.05) is 0 Å². The van der Waals surface area contributed by atoms with E-state index in [0.717, 1.165) is 10.6 Å². The number of carboxylic acid groups (broad SMARTS) is 1. The minimum absolute atomic E-state index is 0.0898. The number of hydrogen-bond donors (Lipinski definition) is 2. The van der Waals surface area contributed by atoms with Gasteiger partial charge in [0.2, 0.25) is 0 Å². The van der Waals surface area contributed by atoms with E-state index >= 15 is 0 Å². The lowest BCUT2D eigenvalue weighted by Gasteiger charge is -2.36. The molecule has 1 heterocycles. The van der Waals surface area contributed by atoms with Gasteiger partial charge in [0.05, 0.1) is 6.54 Å². The highest BCUT2D eigenvalue weighted by molar-refractivity contribution is 5.90. The van der Waals surface area contributed by atoms with Crippen molar-refractivity contribution in [3.8, 4) is 0 Å². The zero-order valence-corrected chi connectivity index (χ0v) is 11.0. The first-order valence-corrected chi connectivity index (χ1v) is 6.19. The van der Waals surface area contributed by atoms with Crippen LogP contribution in [-0.4, -0.2) is 47.3 Å². The molecular formula is C13H14N2O6. The molecule has 0 unspecified atom stereocenters. The second-order valence-electron chi connectivity index (χ2n) is 4.33. The molecule has 2 amide bonds. The third kappa shape index (κ3) is 4.18. The highest BCUT2D eigenvalue weighted by Gasteiger charge is 2.39. The smallest absolute Gasteiger partial charge is 0.408 e. The number of rotatable bonds is 6. The molecule has 112 valence electrons. The number of benzene rings is 1. The van der Waals surface area contributed by atoms with Crippen LogP contribution in [0.3, 0.4) is 0 Å². The molecule has 2 rings (SSSR count). The Morgan fingerprint density at radius 2 is 2.05 bits per heavy atom. The molecule has 1 aromatic carbocycles. The summed E-state index contributed by atoms with van der Waals surface area (Å²) in [4.78, 5) is 38.0. The number of nitrogens with zero attached hydrogens (tertiary/aromatic N) is 1. The van der Waals surface area contributed by atoms with Crippen molar-refractivity contribution in [2.24, 2.45) is 0 Å².